The third-order valence-corrected chi connectivity index (χ3v) is 6.39. The molecule has 1 amide bonds. The molecule has 3 rings (SSSR count). The van der Waals surface area contributed by atoms with E-state index in [1.807, 2.05) is 0 Å². The van der Waals surface area contributed by atoms with Crippen molar-refractivity contribution >= 4 is 33.2 Å². The summed E-state index contributed by atoms with van der Waals surface area (Å²) >= 11 is 5.92. The second-order valence-electron chi connectivity index (χ2n) is 6.71. The van der Waals surface area contributed by atoms with Gasteiger partial charge in [0.15, 0.2) is 0 Å². The molecule has 1 aromatic heterocycles. The van der Waals surface area contributed by atoms with Crippen molar-refractivity contribution in [2.45, 2.75) is 18.7 Å². The quantitative estimate of drug-likeness (QED) is 0.577. The molecular formula is C20H22ClN5O4S. The molecule has 0 spiro atoms. The molecule has 9 nitrogen and oxygen atoms in total. The number of aromatic nitrogens is 3. The molecule has 31 heavy (non-hydrogen) atoms. The van der Waals surface area contributed by atoms with E-state index in [0.717, 1.165) is 4.31 Å². The van der Waals surface area contributed by atoms with Crippen molar-refractivity contribution in [2.24, 2.45) is 0 Å². The van der Waals surface area contributed by atoms with Crippen molar-refractivity contribution in [3.8, 4) is 11.4 Å². The Morgan fingerprint density at radius 2 is 1.87 bits per heavy atom. The van der Waals surface area contributed by atoms with Crippen molar-refractivity contribution in [3.05, 3.63) is 59.1 Å². The van der Waals surface area contributed by atoms with E-state index in [1.165, 1.54) is 30.9 Å². The number of aryl methyl sites for hydroxylation is 1. The summed E-state index contributed by atoms with van der Waals surface area (Å²) in [7, 11) is -0.938. The van der Waals surface area contributed by atoms with E-state index < -0.39 is 15.9 Å². The molecule has 0 unspecified atom stereocenters. The molecule has 0 saturated heterocycles. The lowest BCUT2D eigenvalue weighted by atomic mass is 10.3. The zero-order valence-corrected chi connectivity index (χ0v) is 19.0. The van der Waals surface area contributed by atoms with Gasteiger partial charge in [0.25, 0.3) is 5.91 Å². The van der Waals surface area contributed by atoms with E-state index in [4.69, 9.17) is 16.3 Å². The lowest BCUT2D eigenvalue weighted by Gasteiger charge is -2.16. The largest absolute Gasteiger partial charge is 0.492 e. The number of benzene rings is 2. The summed E-state index contributed by atoms with van der Waals surface area (Å²) in [6.07, 6.45) is 0. The molecule has 1 N–H and O–H groups in total. The second kappa shape index (κ2) is 9.04. The van der Waals surface area contributed by atoms with E-state index in [0.29, 0.717) is 23.1 Å². The average Bonchev–Trinajstić information content (AvgIpc) is 3.11. The Morgan fingerprint density at radius 1 is 1.19 bits per heavy atom. The Morgan fingerprint density at radius 3 is 2.48 bits per heavy atom. The number of anilines is 1. The number of nitrogens with zero attached hydrogens (tertiary/aromatic N) is 4. The smallest absolute Gasteiger partial charge is 0.295 e. The highest BCUT2D eigenvalue weighted by atomic mass is 35.5. The van der Waals surface area contributed by atoms with Crippen molar-refractivity contribution in [3.63, 3.8) is 0 Å². The Balaban J connectivity index is 1.90. The molecule has 0 aliphatic carbocycles. The minimum Gasteiger partial charge on any atom is -0.492 e. The van der Waals surface area contributed by atoms with Crippen LogP contribution in [0.25, 0.3) is 5.69 Å². The van der Waals surface area contributed by atoms with Gasteiger partial charge in [0.2, 0.25) is 15.8 Å². The number of hydrogen-bond donors (Lipinski definition) is 1. The fourth-order valence-electron chi connectivity index (χ4n) is 2.76. The van der Waals surface area contributed by atoms with Gasteiger partial charge in [-0.2, -0.15) is 0 Å². The molecule has 2 aromatic carbocycles. The first kappa shape index (κ1) is 22.7. The number of sulfonamides is 1. The predicted octanol–water partition coefficient (Wildman–Crippen LogP) is 3.13. The Labute approximate surface area is 185 Å². The van der Waals surface area contributed by atoms with Crippen LogP contribution in [0.15, 0.2) is 47.4 Å². The number of rotatable bonds is 7. The fourth-order valence-corrected chi connectivity index (χ4v) is 3.94. The summed E-state index contributed by atoms with van der Waals surface area (Å²) in [5.74, 6) is 0.0803. The van der Waals surface area contributed by atoms with Gasteiger partial charge in [0.1, 0.15) is 16.5 Å². The Bertz CT molecular complexity index is 1210. The molecule has 3 aromatic rings. The number of carbonyl (C=O) groups is 1. The Hall–Kier alpha value is -2.95. The van der Waals surface area contributed by atoms with Gasteiger partial charge in [-0.3, -0.25) is 4.79 Å². The summed E-state index contributed by atoms with van der Waals surface area (Å²) in [5, 5.41) is 7.48. The van der Waals surface area contributed by atoms with Gasteiger partial charge in [-0.1, -0.05) is 11.6 Å². The number of halogens is 1. The zero-order valence-electron chi connectivity index (χ0n) is 17.5. The molecule has 1 heterocycles. The van der Waals surface area contributed by atoms with Crippen LogP contribution in [0, 0.1) is 6.92 Å². The minimum absolute atomic E-state index is 0.0482. The molecular weight excluding hydrogens is 442 g/mol. The highest BCUT2D eigenvalue weighted by Crippen LogP contribution is 2.29. The third kappa shape index (κ3) is 4.87. The molecule has 0 saturated carbocycles. The van der Waals surface area contributed by atoms with Gasteiger partial charge in [0.05, 0.1) is 12.3 Å². The topological polar surface area (TPSA) is 106 Å². The fraction of sp³-hybridized carbons (Fsp3) is 0.250. The average molecular weight is 464 g/mol. The maximum atomic E-state index is 12.7. The second-order valence-corrected chi connectivity index (χ2v) is 9.26. The van der Waals surface area contributed by atoms with Crippen LogP contribution in [0.5, 0.6) is 5.75 Å². The summed E-state index contributed by atoms with van der Waals surface area (Å²) < 4.78 is 33.4. The molecule has 164 valence electrons. The van der Waals surface area contributed by atoms with Crippen molar-refractivity contribution in [1.29, 1.82) is 0 Å². The standard InChI is InChI=1S/C20H22ClN5O4S/c1-5-30-17-11-8-15(12-18(17)31(28,29)25(3)4)23-20(27)19-22-13(2)26(24-19)16-9-6-14(21)7-10-16/h6-12H,5H2,1-4H3,(H,23,27). The van der Waals surface area contributed by atoms with Gasteiger partial charge in [-0.05, 0) is 56.3 Å². The van der Waals surface area contributed by atoms with Crippen molar-refractivity contribution in [2.75, 3.05) is 26.0 Å². The third-order valence-electron chi connectivity index (χ3n) is 4.30. The maximum Gasteiger partial charge on any atom is 0.295 e. The summed E-state index contributed by atoms with van der Waals surface area (Å²) in [4.78, 5) is 16.9. The van der Waals surface area contributed by atoms with E-state index in [-0.39, 0.29) is 22.2 Å². The Kier molecular flexibility index (Phi) is 6.63. The van der Waals surface area contributed by atoms with Crippen molar-refractivity contribution < 1.29 is 17.9 Å². The van der Waals surface area contributed by atoms with Gasteiger partial charge in [0, 0.05) is 24.8 Å². The molecule has 0 fully saturated rings. The lowest BCUT2D eigenvalue weighted by Crippen LogP contribution is -2.23. The molecule has 0 atom stereocenters. The summed E-state index contributed by atoms with van der Waals surface area (Å²) in [5.41, 5.74) is 0.975. The molecule has 0 radical (unpaired) electrons. The lowest BCUT2D eigenvalue weighted by molar-refractivity contribution is 0.101. The number of hydrogen-bond acceptors (Lipinski definition) is 6. The summed E-state index contributed by atoms with van der Waals surface area (Å²) in [6, 6.07) is 11.4. The maximum absolute atomic E-state index is 12.7. The summed E-state index contributed by atoms with van der Waals surface area (Å²) in [6.45, 7) is 3.77. The van der Waals surface area contributed by atoms with E-state index in [2.05, 4.69) is 15.4 Å². The van der Waals surface area contributed by atoms with Crippen LogP contribution < -0.4 is 10.1 Å². The van der Waals surface area contributed by atoms with Crippen LogP contribution in [-0.2, 0) is 10.0 Å². The highest BCUT2D eigenvalue weighted by molar-refractivity contribution is 7.89. The van der Waals surface area contributed by atoms with Crippen LogP contribution in [-0.4, -0.2) is 54.1 Å². The van der Waals surface area contributed by atoms with Crippen LogP contribution >= 0.6 is 11.6 Å². The first-order chi connectivity index (χ1) is 14.6. The first-order valence-electron chi connectivity index (χ1n) is 9.33. The number of nitrogens with one attached hydrogen (secondary N) is 1. The molecule has 0 aliphatic rings. The highest BCUT2D eigenvalue weighted by Gasteiger charge is 2.24. The van der Waals surface area contributed by atoms with E-state index >= 15 is 0 Å². The molecule has 0 aliphatic heterocycles. The molecule has 0 bridgehead atoms. The monoisotopic (exact) mass is 463 g/mol. The van der Waals surface area contributed by atoms with Gasteiger partial charge in [-0.25, -0.2) is 22.4 Å². The van der Waals surface area contributed by atoms with Crippen molar-refractivity contribution in [1.82, 2.24) is 19.1 Å². The zero-order chi connectivity index (χ0) is 22.8. The molecule has 11 heteroatoms. The van der Waals surface area contributed by atoms with Gasteiger partial charge < -0.3 is 10.1 Å². The SMILES string of the molecule is CCOc1ccc(NC(=O)c2nc(C)n(-c3ccc(Cl)cc3)n2)cc1S(=O)(=O)N(C)C. The van der Waals surface area contributed by atoms with Crippen LogP contribution in [0.4, 0.5) is 5.69 Å². The van der Waals surface area contributed by atoms with E-state index in [9.17, 15) is 13.2 Å². The minimum atomic E-state index is -3.78. The first-order valence-corrected chi connectivity index (χ1v) is 11.2. The van der Waals surface area contributed by atoms with Crippen LogP contribution in [0.1, 0.15) is 23.4 Å². The van der Waals surface area contributed by atoms with Gasteiger partial charge in [-0.15, -0.1) is 5.10 Å². The van der Waals surface area contributed by atoms with Crippen LogP contribution in [0.3, 0.4) is 0 Å². The normalized spacial score (nSPS) is 11.5. The number of carbonyl (C=O) groups excluding carboxylic acids is 1. The predicted molar refractivity (Wildman–Crippen MR) is 118 cm³/mol. The van der Waals surface area contributed by atoms with Crippen LogP contribution in [0.2, 0.25) is 5.02 Å². The number of amides is 1. The van der Waals surface area contributed by atoms with E-state index in [1.54, 1.807) is 44.2 Å². The van der Waals surface area contributed by atoms with Gasteiger partial charge >= 0.3 is 0 Å². The number of ether oxygens (including phenoxy) is 1.